The molecular formula is C8H6KN2S3+. The Hall–Kier alpha value is 0.856. The van der Waals surface area contributed by atoms with Crippen LogP contribution in [0.1, 0.15) is 0 Å². The van der Waals surface area contributed by atoms with Crippen LogP contribution in [0.3, 0.4) is 0 Å². The number of H-pyrrole nitrogens is 1. The molecule has 0 saturated heterocycles. The summed E-state index contributed by atoms with van der Waals surface area (Å²) in [5, 5.41) is 3.01. The van der Waals surface area contributed by atoms with E-state index in [1.807, 2.05) is 35.0 Å². The van der Waals surface area contributed by atoms with E-state index in [-0.39, 0.29) is 51.4 Å². The Labute approximate surface area is 138 Å². The Kier molecular flexibility index (Phi) is 5.36. The summed E-state index contributed by atoms with van der Waals surface area (Å²) < 4.78 is 3.26. The molecule has 1 N–H and O–H groups in total. The van der Waals surface area contributed by atoms with Crippen LogP contribution in [0.2, 0.25) is 0 Å². The number of hydrogen-bond donors (Lipinski definition) is 1. The van der Waals surface area contributed by atoms with Crippen LogP contribution in [0.15, 0.2) is 30.3 Å². The molecule has 0 saturated carbocycles. The molecule has 14 heavy (non-hydrogen) atoms. The van der Waals surface area contributed by atoms with E-state index in [0.29, 0.717) is 3.95 Å². The van der Waals surface area contributed by atoms with Gasteiger partial charge in [0.1, 0.15) is 0 Å². The first-order chi connectivity index (χ1) is 6.27. The summed E-state index contributed by atoms with van der Waals surface area (Å²) in [4.78, 5) is 0. The average molecular weight is 265 g/mol. The number of rotatable bonds is 1. The second kappa shape index (κ2) is 5.81. The summed E-state index contributed by atoms with van der Waals surface area (Å²) in [6.45, 7) is 0. The first kappa shape index (κ1) is 12.9. The largest absolute Gasteiger partial charge is 1.00 e. The molecule has 0 unspecified atom stereocenters. The van der Waals surface area contributed by atoms with Crippen molar-refractivity contribution < 1.29 is 51.4 Å². The molecule has 1 aromatic carbocycles. The van der Waals surface area contributed by atoms with Gasteiger partial charge in [0, 0.05) is 0 Å². The molecule has 0 aliphatic carbocycles. The minimum Gasteiger partial charge on any atom is -0.273 e. The molecule has 0 radical (unpaired) electrons. The van der Waals surface area contributed by atoms with Gasteiger partial charge in [-0.25, -0.2) is 4.68 Å². The Morgan fingerprint density at radius 1 is 1.14 bits per heavy atom. The quantitative estimate of drug-likeness (QED) is 0.592. The van der Waals surface area contributed by atoms with Crippen LogP contribution in [0.5, 0.6) is 0 Å². The summed E-state index contributed by atoms with van der Waals surface area (Å²) in [7, 11) is 0. The molecule has 0 aliphatic rings. The Morgan fingerprint density at radius 2 is 1.79 bits per heavy atom. The number of hydrogen-bond acceptors (Lipinski definition) is 3. The van der Waals surface area contributed by atoms with Gasteiger partial charge in [0.2, 0.25) is 0 Å². The maximum atomic E-state index is 5.14. The van der Waals surface area contributed by atoms with E-state index in [0.717, 1.165) is 9.64 Å². The van der Waals surface area contributed by atoms with Gasteiger partial charge in [-0.3, -0.25) is 5.10 Å². The molecule has 0 fully saturated rings. The number of para-hydroxylation sites is 1. The van der Waals surface area contributed by atoms with Gasteiger partial charge in [0.05, 0.1) is 5.69 Å². The zero-order chi connectivity index (χ0) is 9.26. The van der Waals surface area contributed by atoms with Crippen LogP contribution in [-0.2, 0) is 0 Å². The van der Waals surface area contributed by atoms with E-state index in [9.17, 15) is 0 Å². The van der Waals surface area contributed by atoms with Crippen molar-refractivity contribution in [3.05, 3.63) is 38.2 Å². The van der Waals surface area contributed by atoms with Gasteiger partial charge in [0.25, 0.3) is 0 Å². The van der Waals surface area contributed by atoms with Crippen molar-refractivity contribution in [2.24, 2.45) is 0 Å². The van der Waals surface area contributed by atoms with Crippen molar-refractivity contribution in [3.8, 4) is 5.69 Å². The third-order valence-electron chi connectivity index (χ3n) is 1.58. The van der Waals surface area contributed by atoms with Gasteiger partial charge < -0.3 is 0 Å². The van der Waals surface area contributed by atoms with E-state index < -0.39 is 0 Å². The fourth-order valence-corrected chi connectivity index (χ4v) is 2.46. The molecule has 6 heteroatoms. The van der Waals surface area contributed by atoms with Gasteiger partial charge in [-0.2, -0.15) is 0 Å². The Balaban J connectivity index is 0.000000980. The van der Waals surface area contributed by atoms with Gasteiger partial charge in [0.15, 0.2) is 7.91 Å². The second-order valence-electron chi connectivity index (χ2n) is 2.44. The Bertz CT molecular complexity index is 511. The molecule has 0 amide bonds. The molecule has 0 aliphatic heterocycles. The normalized spacial score (nSPS) is 9.43. The number of aromatic nitrogens is 2. The van der Waals surface area contributed by atoms with Gasteiger partial charge in [-0.05, 0) is 36.6 Å². The minimum absolute atomic E-state index is 0. The summed E-state index contributed by atoms with van der Waals surface area (Å²) >= 11 is 11.5. The van der Waals surface area contributed by atoms with E-state index in [4.69, 9.17) is 24.4 Å². The number of nitrogens with zero attached hydrogens (tertiary/aromatic N) is 1. The monoisotopic (exact) mass is 265 g/mol. The van der Waals surface area contributed by atoms with Crippen molar-refractivity contribution in [2.75, 3.05) is 0 Å². The fourth-order valence-electron chi connectivity index (χ4n) is 1.03. The predicted molar refractivity (Wildman–Crippen MR) is 59.7 cm³/mol. The molecule has 66 valence electrons. The van der Waals surface area contributed by atoms with E-state index in [1.165, 1.54) is 11.3 Å². The SMILES string of the molecule is S=c1[nH]n(-c2ccccc2)c(=S)s1.[K+]. The third kappa shape index (κ3) is 2.93. The first-order valence-corrected chi connectivity index (χ1v) is 5.28. The van der Waals surface area contributed by atoms with Crippen molar-refractivity contribution in [2.45, 2.75) is 0 Å². The topological polar surface area (TPSA) is 20.7 Å². The van der Waals surface area contributed by atoms with Crippen LogP contribution in [0.4, 0.5) is 0 Å². The third-order valence-corrected chi connectivity index (χ3v) is 2.99. The summed E-state index contributed by atoms with van der Waals surface area (Å²) in [5.41, 5.74) is 1.01. The number of benzene rings is 1. The molecule has 2 nitrogen and oxygen atoms in total. The van der Waals surface area contributed by atoms with Gasteiger partial charge >= 0.3 is 51.4 Å². The van der Waals surface area contributed by atoms with Gasteiger partial charge in [-0.15, -0.1) is 0 Å². The fraction of sp³-hybridized carbons (Fsp3) is 0. The number of nitrogens with one attached hydrogen (secondary N) is 1. The maximum Gasteiger partial charge on any atom is 1.00 e. The zero-order valence-corrected chi connectivity index (χ0v) is 13.1. The van der Waals surface area contributed by atoms with Gasteiger partial charge in [-0.1, -0.05) is 29.5 Å². The second-order valence-corrected chi connectivity index (χ2v) is 4.75. The summed E-state index contributed by atoms with van der Waals surface area (Å²) in [5.74, 6) is 0. The molecule has 0 bridgehead atoms. The van der Waals surface area contributed by atoms with Crippen LogP contribution in [-0.4, -0.2) is 9.78 Å². The average Bonchev–Trinajstić information content (AvgIpc) is 2.47. The summed E-state index contributed by atoms with van der Waals surface area (Å²) in [6.07, 6.45) is 0. The molecule has 0 atom stereocenters. The summed E-state index contributed by atoms with van der Waals surface area (Å²) in [6, 6.07) is 9.85. The smallest absolute Gasteiger partial charge is 0.273 e. The number of aromatic amines is 1. The van der Waals surface area contributed by atoms with Crippen molar-refractivity contribution in [1.82, 2.24) is 9.78 Å². The Morgan fingerprint density at radius 3 is 2.29 bits per heavy atom. The standard InChI is InChI=1S/C8H6N2S3.K/c11-7-9-10(8(12)13-7)6-4-2-1-3-5-6;/h1-5H,(H,9,11);/q;+1. The molecule has 1 aromatic heterocycles. The molecule has 2 rings (SSSR count). The van der Waals surface area contributed by atoms with E-state index in [1.54, 1.807) is 0 Å². The first-order valence-electron chi connectivity index (χ1n) is 3.65. The minimum atomic E-state index is 0. The maximum absolute atomic E-state index is 5.14. The predicted octanol–water partition coefficient (Wildman–Crippen LogP) is 0.330. The van der Waals surface area contributed by atoms with Crippen LogP contribution >= 0.6 is 35.8 Å². The molecule has 0 spiro atoms. The van der Waals surface area contributed by atoms with Crippen molar-refractivity contribution in [3.63, 3.8) is 0 Å². The van der Waals surface area contributed by atoms with Crippen molar-refractivity contribution in [1.29, 1.82) is 0 Å². The molecular weight excluding hydrogens is 259 g/mol. The van der Waals surface area contributed by atoms with E-state index in [2.05, 4.69) is 5.10 Å². The van der Waals surface area contributed by atoms with Crippen LogP contribution in [0.25, 0.3) is 5.69 Å². The zero-order valence-electron chi connectivity index (χ0n) is 7.56. The van der Waals surface area contributed by atoms with Crippen LogP contribution < -0.4 is 51.4 Å². The van der Waals surface area contributed by atoms with Crippen molar-refractivity contribution >= 4 is 35.8 Å². The van der Waals surface area contributed by atoms with E-state index >= 15 is 0 Å². The van der Waals surface area contributed by atoms with Crippen LogP contribution in [0, 0.1) is 7.91 Å². The molecule has 1 heterocycles. The molecule has 2 aromatic rings.